The van der Waals surface area contributed by atoms with Gasteiger partial charge in [-0.2, -0.15) is 0 Å². The number of aliphatic hydroxyl groups is 1. The number of carbonyl (C=O) groups excluding carboxylic acids is 1. The Labute approximate surface area is 74.2 Å². The first-order chi connectivity index (χ1) is 5.61. The summed E-state index contributed by atoms with van der Waals surface area (Å²) >= 11 is 5.57. The Morgan fingerprint density at radius 1 is 1.58 bits per heavy atom. The molecule has 1 N–H and O–H groups in total. The molecule has 1 atom stereocenters. The van der Waals surface area contributed by atoms with Gasteiger partial charge in [0.2, 0.25) is 0 Å². The van der Waals surface area contributed by atoms with Crippen molar-refractivity contribution in [1.82, 2.24) is 0 Å². The third-order valence-corrected chi connectivity index (χ3v) is 1.62. The fourth-order valence-corrected chi connectivity index (χ4v) is 1.01. The summed E-state index contributed by atoms with van der Waals surface area (Å²) in [6, 6.07) is 5.99. The molecule has 0 aliphatic rings. The van der Waals surface area contributed by atoms with Crippen molar-refractivity contribution in [2.75, 3.05) is 0 Å². The van der Waals surface area contributed by atoms with Gasteiger partial charge < -0.3 is 15.0 Å². The molecule has 0 aliphatic heterocycles. The van der Waals surface area contributed by atoms with E-state index in [1.165, 1.54) is 12.1 Å². The van der Waals surface area contributed by atoms with Crippen LogP contribution in [0.25, 0.3) is 0 Å². The maximum atomic E-state index is 10.2. The molecule has 0 bridgehead atoms. The van der Waals surface area contributed by atoms with Crippen molar-refractivity contribution in [3.63, 3.8) is 0 Å². The SMILES string of the molecule is O=C([O-])[C@H](O)c1cccc(Cl)c1. The average Bonchev–Trinajstić information content (AvgIpc) is 2.03. The van der Waals surface area contributed by atoms with Crippen LogP contribution in [0.4, 0.5) is 0 Å². The lowest BCUT2D eigenvalue weighted by Crippen LogP contribution is -2.29. The summed E-state index contributed by atoms with van der Waals surface area (Å²) in [7, 11) is 0. The highest BCUT2D eigenvalue weighted by Gasteiger charge is 2.07. The van der Waals surface area contributed by atoms with Gasteiger partial charge in [0.05, 0.1) is 5.97 Å². The van der Waals surface area contributed by atoms with Crippen LogP contribution >= 0.6 is 11.6 Å². The Balaban J connectivity index is 2.95. The summed E-state index contributed by atoms with van der Waals surface area (Å²) in [4.78, 5) is 10.2. The summed E-state index contributed by atoms with van der Waals surface area (Å²) in [5.74, 6) is -1.53. The van der Waals surface area contributed by atoms with Crippen LogP contribution in [-0.2, 0) is 4.79 Å². The van der Waals surface area contributed by atoms with E-state index < -0.39 is 12.1 Å². The summed E-state index contributed by atoms with van der Waals surface area (Å²) < 4.78 is 0. The van der Waals surface area contributed by atoms with E-state index in [-0.39, 0.29) is 5.56 Å². The normalized spacial score (nSPS) is 12.5. The van der Waals surface area contributed by atoms with Crippen molar-refractivity contribution in [2.45, 2.75) is 6.10 Å². The van der Waals surface area contributed by atoms with Crippen molar-refractivity contribution in [3.05, 3.63) is 34.9 Å². The minimum Gasteiger partial charge on any atom is -0.547 e. The molecule has 0 saturated carbocycles. The second kappa shape index (κ2) is 3.56. The Kier molecular flexibility index (Phi) is 2.68. The monoisotopic (exact) mass is 185 g/mol. The molecular weight excluding hydrogens is 180 g/mol. The largest absolute Gasteiger partial charge is 0.547 e. The number of aliphatic carboxylic acids is 1. The maximum absolute atomic E-state index is 10.2. The predicted octanol–water partition coefficient (Wildman–Crippen LogP) is 0.123. The lowest BCUT2D eigenvalue weighted by Gasteiger charge is -2.11. The van der Waals surface area contributed by atoms with E-state index in [9.17, 15) is 9.90 Å². The number of benzene rings is 1. The Hall–Kier alpha value is -1.06. The molecule has 0 spiro atoms. The summed E-state index contributed by atoms with van der Waals surface area (Å²) in [5.41, 5.74) is 0.225. The van der Waals surface area contributed by atoms with Crippen molar-refractivity contribution >= 4 is 17.6 Å². The van der Waals surface area contributed by atoms with Gasteiger partial charge in [-0.05, 0) is 17.7 Å². The van der Waals surface area contributed by atoms with Crippen LogP contribution in [0.5, 0.6) is 0 Å². The highest BCUT2D eigenvalue weighted by Crippen LogP contribution is 2.16. The summed E-state index contributed by atoms with van der Waals surface area (Å²) in [5, 5.41) is 19.6. The first kappa shape index (κ1) is 9.03. The number of hydrogen-bond acceptors (Lipinski definition) is 3. The zero-order chi connectivity index (χ0) is 9.14. The molecule has 0 unspecified atom stereocenters. The first-order valence-electron chi connectivity index (χ1n) is 3.25. The van der Waals surface area contributed by atoms with Crippen LogP contribution in [0, 0.1) is 0 Å². The Morgan fingerprint density at radius 3 is 2.75 bits per heavy atom. The maximum Gasteiger partial charge on any atom is 0.118 e. The summed E-state index contributed by atoms with van der Waals surface area (Å²) in [6.07, 6.45) is -1.61. The number of carboxylic acids is 1. The fourth-order valence-electron chi connectivity index (χ4n) is 0.813. The van der Waals surface area contributed by atoms with Gasteiger partial charge in [-0.1, -0.05) is 23.7 Å². The number of aliphatic hydroxyl groups excluding tert-OH is 1. The molecular formula is C8H6ClO3-. The number of rotatable bonds is 2. The zero-order valence-electron chi connectivity index (χ0n) is 6.03. The minimum absolute atomic E-state index is 0.225. The molecule has 1 aromatic rings. The molecule has 0 amide bonds. The minimum atomic E-state index is -1.61. The van der Waals surface area contributed by atoms with E-state index in [0.29, 0.717) is 5.02 Å². The molecule has 64 valence electrons. The molecule has 1 rings (SSSR count). The molecule has 0 saturated heterocycles. The van der Waals surface area contributed by atoms with E-state index in [1.54, 1.807) is 12.1 Å². The van der Waals surface area contributed by atoms with Crippen molar-refractivity contribution in [2.24, 2.45) is 0 Å². The van der Waals surface area contributed by atoms with Gasteiger partial charge in [0.25, 0.3) is 0 Å². The number of carbonyl (C=O) groups is 1. The molecule has 0 aromatic heterocycles. The van der Waals surface area contributed by atoms with Crippen molar-refractivity contribution in [3.8, 4) is 0 Å². The highest BCUT2D eigenvalue weighted by atomic mass is 35.5. The van der Waals surface area contributed by atoms with Crippen molar-refractivity contribution < 1.29 is 15.0 Å². The van der Waals surface area contributed by atoms with E-state index >= 15 is 0 Å². The van der Waals surface area contributed by atoms with Gasteiger partial charge in [0.15, 0.2) is 0 Å². The fraction of sp³-hybridized carbons (Fsp3) is 0.125. The van der Waals surface area contributed by atoms with E-state index in [1.807, 2.05) is 0 Å². The summed E-state index contributed by atoms with van der Waals surface area (Å²) in [6.45, 7) is 0. The molecule has 3 nitrogen and oxygen atoms in total. The lowest BCUT2D eigenvalue weighted by atomic mass is 10.1. The first-order valence-corrected chi connectivity index (χ1v) is 3.63. The predicted molar refractivity (Wildman–Crippen MR) is 41.4 cm³/mol. The van der Waals surface area contributed by atoms with Crippen molar-refractivity contribution in [1.29, 1.82) is 0 Å². The standard InChI is InChI=1S/C8H7ClO3/c9-6-3-1-2-5(4-6)7(10)8(11)12/h1-4,7,10H,(H,11,12)/p-1/t7-/m1/s1. The molecule has 0 heterocycles. The van der Waals surface area contributed by atoms with Gasteiger partial charge in [-0.25, -0.2) is 0 Å². The lowest BCUT2D eigenvalue weighted by molar-refractivity contribution is -0.315. The van der Waals surface area contributed by atoms with Crippen LogP contribution in [0.2, 0.25) is 5.02 Å². The average molecular weight is 186 g/mol. The van der Waals surface area contributed by atoms with Crippen LogP contribution in [-0.4, -0.2) is 11.1 Å². The van der Waals surface area contributed by atoms with Crippen LogP contribution in [0.15, 0.2) is 24.3 Å². The quantitative estimate of drug-likeness (QED) is 0.712. The second-order valence-electron chi connectivity index (χ2n) is 2.28. The number of carboxylic acid groups (broad SMARTS) is 1. The van der Waals surface area contributed by atoms with Crippen LogP contribution < -0.4 is 5.11 Å². The smallest absolute Gasteiger partial charge is 0.118 e. The van der Waals surface area contributed by atoms with Crippen LogP contribution in [0.3, 0.4) is 0 Å². The molecule has 1 aromatic carbocycles. The number of halogens is 1. The van der Waals surface area contributed by atoms with E-state index in [2.05, 4.69) is 0 Å². The third-order valence-electron chi connectivity index (χ3n) is 1.39. The van der Waals surface area contributed by atoms with Gasteiger partial charge in [0.1, 0.15) is 6.10 Å². The molecule has 0 radical (unpaired) electrons. The Morgan fingerprint density at radius 2 is 2.25 bits per heavy atom. The zero-order valence-corrected chi connectivity index (χ0v) is 6.78. The number of hydrogen-bond donors (Lipinski definition) is 1. The topological polar surface area (TPSA) is 60.4 Å². The highest BCUT2D eigenvalue weighted by molar-refractivity contribution is 6.30. The molecule has 0 aliphatic carbocycles. The second-order valence-corrected chi connectivity index (χ2v) is 2.71. The molecule has 12 heavy (non-hydrogen) atoms. The van der Waals surface area contributed by atoms with E-state index in [4.69, 9.17) is 16.7 Å². The Bertz CT molecular complexity index is 298. The van der Waals surface area contributed by atoms with Gasteiger partial charge >= 0.3 is 0 Å². The molecule has 4 heteroatoms. The molecule has 0 fully saturated rings. The van der Waals surface area contributed by atoms with Gasteiger partial charge in [-0.3, -0.25) is 0 Å². The third kappa shape index (κ3) is 1.96. The van der Waals surface area contributed by atoms with Gasteiger partial charge in [0, 0.05) is 5.02 Å². The van der Waals surface area contributed by atoms with Gasteiger partial charge in [-0.15, -0.1) is 0 Å². The van der Waals surface area contributed by atoms with E-state index in [0.717, 1.165) is 0 Å². The van der Waals surface area contributed by atoms with Crippen LogP contribution in [0.1, 0.15) is 11.7 Å².